The molecule has 0 saturated carbocycles. The Morgan fingerprint density at radius 2 is 2.32 bits per heavy atom. The molecule has 0 radical (unpaired) electrons. The van der Waals surface area contributed by atoms with Gasteiger partial charge in [0, 0.05) is 13.0 Å². The quantitative estimate of drug-likeness (QED) is 0.722. The second-order valence-electron chi connectivity index (χ2n) is 5.70. The van der Waals surface area contributed by atoms with Crippen molar-refractivity contribution in [3.63, 3.8) is 0 Å². The minimum absolute atomic E-state index is 0. The Morgan fingerprint density at radius 3 is 3.05 bits per heavy atom. The third kappa shape index (κ3) is 6.67. The van der Waals surface area contributed by atoms with E-state index in [0.717, 1.165) is 44.6 Å². The molecule has 0 aliphatic carbocycles. The number of benzene rings is 1. The van der Waals surface area contributed by atoms with Crippen LogP contribution in [-0.4, -0.2) is 32.7 Å². The number of hydrogen-bond donors (Lipinski definition) is 2. The second kappa shape index (κ2) is 10.5. The summed E-state index contributed by atoms with van der Waals surface area (Å²) in [6.07, 6.45) is 4.80. The lowest BCUT2D eigenvalue weighted by molar-refractivity contribution is -0.121. The maximum absolute atomic E-state index is 11.8. The van der Waals surface area contributed by atoms with Crippen LogP contribution >= 0.6 is 12.4 Å². The Morgan fingerprint density at radius 1 is 1.45 bits per heavy atom. The maximum atomic E-state index is 11.8. The van der Waals surface area contributed by atoms with Crippen LogP contribution in [0, 0.1) is 5.92 Å². The first-order valence-corrected chi connectivity index (χ1v) is 7.88. The Hall–Kier alpha value is -1.26. The molecular weight excluding hydrogens is 300 g/mol. The molecular formula is C17H27ClN2O2. The zero-order valence-corrected chi connectivity index (χ0v) is 14.1. The van der Waals surface area contributed by atoms with Gasteiger partial charge in [-0.2, -0.15) is 0 Å². The van der Waals surface area contributed by atoms with Crippen molar-refractivity contribution in [1.82, 2.24) is 10.6 Å². The number of rotatable bonds is 8. The molecule has 5 heteroatoms. The molecule has 1 aliphatic rings. The highest BCUT2D eigenvalue weighted by atomic mass is 35.5. The van der Waals surface area contributed by atoms with Crippen molar-refractivity contribution in [3.05, 3.63) is 29.8 Å². The number of methoxy groups -OCH3 is 1. The van der Waals surface area contributed by atoms with Crippen LogP contribution in [0.4, 0.5) is 0 Å². The highest BCUT2D eigenvalue weighted by Crippen LogP contribution is 2.15. The van der Waals surface area contributed by atoms with Crippen LogP contribution in [0.15, 0.2) is 24.3 Å². The van der Waals surface area contributed by atoms with Gasteiger partial charge in [-0.3, -0.25) is 4.79 Å². The van der Waals surface area contributed by atoms with Gasteiger partial charge in [-0.05, 0) is 62.4 Å². The fourth-order valence-electron chi connectivity index (χ4n) is 2.73. The van der Waals surface area contributed by atoms with Crippen LogP contribution in [0.3, 0.4) is 0 Å². The van der Waals surface area contributed by atoms with E-state index in [1.165, 1.54) is 12.0 Å². The minimum atomic E-state index is 0. The van der Waals surface area contributed by atoms with Crippen molar-refractivity contribution in [3.8, 4) is 5.75 Å². The number of carbonyl (C=O) groups is 1. The highest BCUT2D eigenvalue weighted by Gasteiger charge is 2.15. The van der Waals surface area contributed by atoms with Gasteiger partial charge in [-0.15, -0.1) is 12.4 Å². The molecule has 0 aromatic heterocycles. The zero-order chi connectivity index (χ0) is 14.9. The second-order valence-corrected chi connectivity index (χ2v) is 5.70. The van der Waals surface area contributed by atoms with E-state index in [4.69, 9.17) is 4.74 Å². The van der Waals surface area contributed by atoms with E-state index in [-0.39, 0.29) is 18.3 Å². The molecule has 1 atom stereocenters. The molecule has 1 unspecified atom stereocenters. The summed E-state index contributed by atoms with van der Waals surface area (Å²) in [7, 11) is 1.68. The van der Waals surface area contributed by atoms with E-state index >= 15 is 0 Å². The first-order valence-electron chi connectivity index (χ1n) is 7.88. The lowest BCUT2D eigenvalue weighted by Gasteiger charge is -2.09. The van der Waals surface area contributed by atoms with E-state index in [1.807, 2.05) is 12.1 Å². The van der Waals surface area contributed by atoms with E-state index in [1.54, 1.807) is 7.11 Å². The fourth-order valence-corrected chi connectivity index (χ4v) is 2.73. The van der Waals surface area contributed by atoms with Gasteiger partial charge in [0.2, 0.25) is 5.91 Å². The molecule has 0 spiro atoms. The molecule has 22 heavy (non-hydrogen) atoms. The zero-order valence-electron chi connectivity index (χ0n) is 13.3. The largest absolute Gasteiger partial charge is 0.497 e. The van der Waals surface area contributed by atoms with E-state index in [0.29, 0.717) is 12.3 Å². The molecule has 124 valence electrons. The van der Waals surface area contributed by atoms with Gasteiger partial charge in [-0.1, -0.05) is 12.1 Å². The van der Waals surface area contributed by atoms with Crippen molar-refractivity contribution in [2.75, 3.05) is 26.7 Å². The number of halogens is 1. The Bertz CT molecular complexity index is 448. The summed E-state index contributed by atoms with van der Waals surface area (Å²) in [6.45, 7) is 2.93. The summed E-state index contributed by atoms with van der Waals surface area (Å²) >= 11 is 0. The number of hydrogen-bond acceptors (Lipinski definition) is 3. The number of amides is 1. The number of aryl methyl sites for hydroxylation is 1. The maximum Gasteiger partial charge on any atom is 0.220 e. The summed E-state index contributed by atoms with van der Waals surface area (Å²) in [5.41, 5.74) is 1.25. The Labute approximate surface area is 139 Å². The third-order valence-corrected chi connectivity index (χ3v) is 4.04. The first-order chi connectivity index (χ1) is 10.3. The molecule has 1 heterocycles. The van der Waals surface area contributed by atoms with Gasteiger partial charge >= 0.3 is 0 Å². The van der Waals surface area contributed by atoms with Crippen LogP contribution in [-0.2, 0) is 11.2 Å². The van der Waals surface area contributed by atoms with Crippen molar-refractivity contribution < 1.29 is 9.53 Å². The fraction of sp³-hybridized carbons (Fsp3) is 0.588. The van der Waals surface area contributed by atoms with Crippen molar-refractivity contribution in [2.45, 2.75) is 32.1 Å². The van der Waals surface area contributed by atoms with Gasteiger partial charge in [0.1, 0.15) is 5.75 Å². The van der Waals surface area contributed by atoms with Crippen molar-refractivity contribution in [1.29, 1.82) is 0 Å². The summed E-state index contributed by atoms with van der Waals surface area (Å²) in [5, 5.41) is 6.35. The molecule has 2 N–H and O–H groups in total. The summed E-state index contributed by atoms with van der Waals surface area (Å²) < 4.78 is 5.21. The third-order valence-electron chi connectivity index (χ3n) is 4.04. The first kappa shape index (κ1) is 18.8. The lowest BCUT2D eigenvalue weighted by atomic mass is 10.0. The van der Waals surface area contributed by atoms with E-state index in [9.17, 15) is 4.79 Å². The molecule has 1 amide bonds. The molecule has 4 nitrogen and oxygen atoms in total. The Balaban J connectivity index is 0.00000242. The standard InChI is InChI=1S/C17H26N2O2.ClH/c1-21-16-6-2-4-14(12-16)5-3-10-19-17(20)8-7-15-9-11-18-13-15;/h2,4,6,12,15,18H,3,5,7-11,13H2,1H3,(H,19,20);1H. The van der Waals surface area contributed by atoms with E-state index in [2.05, 4.69) is 22.8 Å². The van der Waals surface area contributed by atoms with Gasteiger partial charge in [0.15, 0.2) is 0 Å². The van der Waals surface area contributed by atoms with Crippen LogP contribution in [0.5, 0.6) is 5.75 Å². The average Bonchev–Trinajstić information content (AvgIpc) is 3.03. The van der Waals surface area contributed by atoms with Gasteiger partial charge < -0.3 is 15.4 Å². The lowest BCUT2D eigenvalue weighted by Crippen LogP contribution is -2.25. The summed E-state index contributed by atoms with van der Waals surface area (Å²) in [5.74, 6) is 1.77. The van der Waals surface area contributed by atoms with Crippen LogP contribution in [0.2, 0.25) is 0 Å². The number of nitrogens with one attached hydrogen (secondary N) is 2. The summed E-state index contributed by atoms with van der Waals surface area (Å²) in [4.78, 5) is 11.8. The topological polar surface area (TPSA) is 50.4 Å². The molecule has 1 aliphatic heterocycles. The highest BCUT2D eigenvalue weighted by molar-refractivity contribution is 5.85. The van der Waals surface area contributed by atoms with Crippen LogP contribution in [0.25, 0.3) is 0 Å². The number of ether oxygens (including phenoxy) is 1. The van der Waals surface area contributed by atoms with Gasteiger partial charge in [0.25, 0.3) is 0 Å². The van der Waals surface area contributed by atoms with Crippen LogP contribution in [0.1, 0.15) is 31.2 Å². The molecule has 0 bridgehead atoms. The Kier molecular flexibility index (Phi) is 8.94. The molecule has 1 fully saturated rings. The van der Waals surface area contributed by atoms with E-state index < -0.39 is 0 Å². The van der Waals surface area contributed by atoms with Crippen molar-refractivity contribution >= 4 is 18.3 Å². The normalized spacial score (nSPS) is 16.9. The van der Waals surface area contributed by atoms with Gasteiger partial charge in [0.05, 0.1) is 7.11 Å². The minimum Gasteiger partial charge on any atom is -0.497 e. The SMILES string of the molecule is COc1cccc(CCCNC(=O)CCC2CCNC2)c1.Cl. The molecule has 1 aromatic carbocycles. The van der Waals surface area contributed by atoms with Crippen molar-refractivity contribution in [2.24, 2.45) is 5.92 Å². The predicted octanol–water partition coefficient (Wildman–Crippen LogP) is 2.56. The molecule has 2 rings (SSSR count). The molecule has 1 saturated heterocycles. The smallest absolute Gasteiger partial charge is 0.220 e. The summed E-state index contributed by atoms with van der Waals surface area (Å²) in [6, 6.07) is 8.10. The van der Waals surface area contributed by atoms with Crippen LogP contribution < -0.4 is 15.4 Å². The molecule has 1 aromatic rings. The predicted molar refractivity (Wildman–Crippen MR) is 91.8 cm³/mol. The monoisotopic (exact) mass is 326 g/mol. The van der Waals surface area contributed by atoms with Gasteiger partial charge in [-0.25, -0.2) is 0 Å². The number of carbonyl (C=O) groups excluding carboxylic acids is 1. The average molecular weight is 327 g/mol.